The second-order valence-electron chi connectivity index (χ2n) is 6.02. The van der Waals surface area contributed by atoms with Gasteiger partial charge in [0, 0.05) is 45.8 Å². The Labute approximate surface area is 156 Å². The molecule has 0 unspecified atom stereocenters. The maximum Gasteiger partial charge on any atom is 0.255 e. The first kappa shape index (κ1) is 20.2. The van der Waals surface area contributed by atoms with Crippen molar-refractivity contribution in [2.24, 2.45) is 16.5 Å². The third-order valence-corrected chi connectivity index (χ3v) is 3.86. The molecule has 5 N–H and O–H groups in total. The van der Waals surface area contributed by atoms with Crippen LogP contribution in [0.1, 0.15) is 12.5 Å². The maximum atomic E-state index is 13.9. The molecule has 5 nitrogen and oxygen atoms in total. The first-order valence-electron chi connectivity index (χ1n) is 8.11. The van der Waals surface area contributed by atoms with Crippen LogP contribution in [0.5, 0.6) is 0 Å². The molecule has 1 aliphatic rings. The largest absolute Gasteiger partial charge is 0.400 e. The van der Waals surface area contributed by atoms with Crippen molar-refractivity contribution >= 4 is 17.6 Å². The lowest BCUT2D eigenvalue weighted by molar-refractivity contribution is 0.155. The second-order valence-corrected chi connectivity index (χ2v) is 6.02. The van der Waals surface area contributed by atoms with Gasteiger partial charge >= 0.3 is 0 Å². The smallest absolute Gasteiger partial charge is 0.255 e. The number of hydrogen-bond donors (Lipinski definition) is 3. The van der Waals surface area contributed by atoms with Crippen LogP contribution in [0, 0.1) is 0 Å². The van der Waals surface area contributed by atoms with Crippen molar-refractivity contribution in [2.45, 2.75) is 13.3 Å². The summed E-state index contributed by atoms with van der Waals surface area (Å²) in [5.41, 5.74) is 13.6. The molecule has 0 radical (unpaired) electrons. The molecule has 0 spiro atoms. The van der Waals surface area contributed by atoms with Crippen LogP contribution in [0.15, 0.2) is 70.9 Å². The first-order valence-corrected chi connectivity index (χ1v) is 8.11. The molecule has 8 heteroatoms. The van der Waals surface area contributed by atoms with Crippen molar-refractivity contribution in [1.82, 2.24) is 0 Å². The van der Waals surface area contributed by atoms with Gasteiger partial charge in [-0.25, -0.2) is 13.2 Å². The van der Waals surface area contributed by atoms with Crippen LogP contribution in [0.4, 0.5) is 24.5 Å². The first-order chi connectivity index (χ1) is 12.7. The van der Waals surface area contributed by atoms with Gasteiger partial charge in [0.25, 0.3) is 6.43 Å². The lowest BCUT2D eigenvalue weighted by atomic mass is 10.1. The van der Waals surface area contributed by atoms with Gasteiger partial charge in [-0.1, -0.05) is 19.2 Å². The molecule has 0 fully saturated rings. The number of nitrogens with zero attached hydrogens (tertiary/aromatic N) is 2. The van der Waals surface area contributed by atoms with E-state index in [-0.39, 0.29) is 29.3 Å². The number of hydrogen-bond acceptors (Lipinski definition) is 5. The van der Waals surface area contributed by atoms with Crippen LogP contribution in [0.25, 0.3) is 0 Å². The minimum Gasteiger partial charge on any atom is -0.400 e. The number of anilines is 2. The Morgan fingerprint density at radius 1 is 1.37 bits per heavy atom. The fourth-order valence-corrected chi connectivity index (χ4v) is 2.55. The van der Waals surface area contributed by atoms with Gasteiger partial charge in [-0.2, -0.15) is 0 Å². The predicted molar refractivity (Wildman–Crippen MR) is 104 cm³/mol. The monoisotopic (exact) mass is 377 g/mol. The van der Waals surface area contributed by atoms with E-state index in [0.29, 0.717) is 16.9 Å². The maximum absolute atomic E-state index is 13.9. The zero-order valence-corrected chi connectivity index (χ0v) is 15.0. The Kier molecular flexibility index (Phi) is 6.33. The normalized spacial score (nSPS) is 14.7. The summed E-state index contributed by atoms with van der Waals surface area (Å²) in [7, 11) is 0. The van der Waals surface area contributed by atoms with Crippen molar-refractivity contribution in [2.75, 3.05) is 23.4 Å². The third kappa shape index (κ3) is 4.93. The van der Waals surface area contributed by atoms with Crippen LogP contribution < -0.4 is 21.7 Å². The summed E-state index contributed by atoms with van der Waals surface area (Å²) < 4.78 is 39.5. The molecule has 0 bridgehead atoms. The molecule has 2 rings (SSSR count). The number of allylic oxidation sites excluding steroid dienone is 3. The summed E-state index contributed by atoms with van der Waals surface area (Å²) in [5, 5.41) is 3.03. The molecule has 0 saturated heterocycles. The van der Waals surface area contributed by atoms with Gasteiger partial charge in [-0.15, -0.1) is 0 Å². The summed E-state index contributed by atoms with van der Waals surface area (Å²) in [6.07, 6.45) is 0.250. The topological polar surface area (TPSA) is 79.7 Å². The number of alkyl halides is 2. The molecule has 1 heterocycles. The molecular formula is C19H22F3N5. The highest BCUT2D eigenvalue weighted by Crippen LogP contribution is 2.31. The van der Waals surface area contributed by atoms with Gasteiger partial charge in [0.1, 0.15) is 12.5 Å². The second kappa shape index (κ2) is 8.48. The molecule has 0 aromatic heterocycles. The van der Waals surface area contributed by atoms with Crippen LogP contribution in [0.3, 0.4) is 0 Å². The molecule has 0 atom stereocenters. The van der Waals surface area contributed by atoms with E-state index in [9.17, 15) is 13.2 Å². The van der Waals surface area contributed by atoms with Crippen molar-refractivity contribution in [3.05, 3.63) is 71.5 Å². The zero-order chi connectivity index (χ0) is 20.1. The summed E-state index contributed by atoms with van der Waals surface area (Å²) in [4.78, 5) is 5.61. The van der Waals surface area contributed by atoms with Crippen molar-refractivity contribution in [1.29, 1.82) is 0 Å². The number of aliphatic imine (C=N–C) groups is 1. The highest BCUT2D eigenvalue weighted by Gasteiger charge is 2.20. The van der Waals surface area contributed by atoms with Crippen LogP contribution in [-0.4, -0.2) is 25.9 Å². The fourth-order valence-electron chi connectivity index (χ4n) is 2.55. The van der Waals surface area contributed by atoms with Crippen molar-refractivity contribution < 1.29 is 13.2 Å². The Morgan fingerprint density at radius 2 is 2.07 bits per heavy atom. The van der Waals surface area contributed by atoms with E-state index in [1.807, 2.05) is 0 Å². The summed E-state index contributed by atoms with van der Waals surface area (Å²) >= 11 is 0. The minimum absolute atomic E-state index is 0.00610. The molecule has 1 aromatic rings. The molecule has 1 aromatic carbocycles. The lowest BCUT2D eigenvalue weighted by Crippen LogP contribution is -2.32. The van der Waals surface area contributed by atoms with Crippen LogP contribution in [0.2, 0.25) is 0 Å². The Bertz CT molecular complexity index is 836. The van der Waals surface area contributed by atoms with Crippen molar-refractivity contribution in [3.63, 3.8) is 0 Å². The van der Waals surface area contributed by atoms with E-state index in [4.69, 9.17) is 11.5 Å². The van der Waals surface area contributed by atoms with Crippen LogP contribution in [-0.2, 0) is 0 Å². The Balaban J connectivity index is 2.35. The molecule has 144 valence electrons. The summed E-state index contributed by atoms with van der Waals surface area (Å²) in [5.74, 6) is -0.653. The molecular weight excluding hydrogens is 355 g/mol. The average molecular weight is 377 g/mol. The number of nitrogens with two attached hydrogens (primary N) is 2. The van der Waals surface area contributed by atoms with E-state index in [1.165, 1.54) is 11.8 Å². The van der Waals surface area contributed by atoms with E-state index < -0.39 is 18.8 Å². The minimum atomic E-state index is -2.48. The Hall–Kier alpha value is -3.16. The number of nitrogens with one attached hydrogen (secondary N) is 1. The Morgan fingerprint density at radius 3 is 2.67 bits per heavy atom. The zero-order valence-electron chi connectivity index (χ0n) is 15.0. The number of fused-ring (bicyclic) bond motifs is 1. The van der Waals surface area contributed by atoms with Gasteiger partial charge in [0.2, 0.25) is 0 Å². The van der Waals surface area contributed by atoms with Crippen molar-refractivity contribution in [3.8, 4) is 0 Å². The standard InChI is InChI=1S/C19H22F3N5/c1-11(23)14(7-16(20)12(2)24)13(3)26-17-5-4-6-18-15(17)8-25-10-27(18)9-19(21)22/h4-8,19,26H,1,3,9-10,23-24H2,2H3/b14-7-,16-12-. The van der Waals surface area contributed by atoms with E-state index in [2.05, 4.69) is 23.5 Å². The van der Waals surface area contributed by atoms with Gasteiger partial charge in [-0.3, -0.25) is 4.99 Å². The average Bonchev–Trinajstić information content (AvgIpc) is 2.59. The highest BCUT2D eigenvalue weighted by atomic mass is 19.3. The quantitative estimate of drug-likeness (QED) is 0.634. The molecule has 1 aliphatic heterocycles. The summed E-state index contributed by atoms with van der Waals surface area (Å²) in [6.45, 7) is 8.64. The van der Waals surface area contributed by atoms with Crippen LogP contribution >= 0.6 is 0 Å². The van der Waals surface area contributed by atoms with Gasteiger partial charge < -0.3 is 21.7 Å². The predicted octanol–water partition coefficient (Wildman–Crippen LogP) is 3.63. The number of halogens is 3. The fraction of sp³-hybridized carbons (Fsp3) is 0.211. The molecule has 0 saturated carbocycles. The number of rotatable bonds is 7. The number of benzene rings is 1. The van der Waals surface area contributed by atoms with Gasteiger partial charge in [0.05, 0.1) is 6.54 Å². The van der Waals surface area contributed by atoms with Gasteiger partial charge in [0.15, 0.2) is 0 Å². The third-order valence-electron chi connectivity index (χ3n) is 3.86. The van der Waals surface area contributed by atoms with E-state index in [1.54, 1.807) is 24.4 Å². The van der Waals surface area contributed by atoms with E-state index >= 15 is 0 Å². The molecule has 0 aliphatic carbocycles. The molecule has 0 amide bonds. The molecule has 27 heavy (non-hydrogen) atoms. The summed E-state index contributed by atoms with van der Waals surface area (Å²) in [6, 6.07) is 5.19. The highest BCUT2D eigenvalue weighted by molar-refractivity contribution is 5.97. The van der Waals surface area contributed by atoms with E-state index in [0.717, 1.165) is 6.08 Å². The van der Waals surface area contributed by atoms with Gasteiger partial charge in [-0.05, 0) is 25.1 Å². The SMILES string of the molecule is C=C(N)/C(=C/C(F)=C(\C)N)C(=C)Nc1cccc2c1C=NCN2CC(F)F. The lowest BCUT2D eigenvalue weighted by Gasteiger charge is -2.28.